The summed E-state index contributed by atoms with van der Waals surface area (Å²) in [4.78, 5) is 12.6. The standard InChI is InChI=1S/C16H20F3NO2/c1-20(2)15(21)11-14(16(17,18)19)9-6-10-22-12-13-7-4-3-5-8-13/h3-9,14H,10-12H2,1-2H3/b9-6+/t14-/m0/s1. The highest BCUT2D eigenvalue weighted by Gasteiger charge is 2.39. The molecule has 3 nitrogen and oxygen atoms in total. The zero-order valence-electron chi connectivity index (χ0n) is 12.6. The summed E-state index contributed by atoms with van der Waals surface area (Å²) < 4.78 is 43.9. The molecule has 0 saturated heterocycles. The molecule has 0 fully saturated rings. The lowest BCUT2D eigenvalue weighted by Crippen LogP contribution is -2.30. The minimum atomic E-state index is -4.44. The van der Waals surface area contributed by atoms with E-state index in [1.54, 1.807) is 0 Å². The second-order valence-corrected chi connectivity index (χ2v) is 5.07. The summed E-state index contributed by atoms with van der Waals surface area (Å²) in [5.74, 6) is -2.35. The number of allylic oxidation sites excluding steroid dienone is 1. The maximum atomic E-state index is 12.9. The van der Waals surface area contributed by atoms with Crippen molar-refractivity contribution >= 4 is 5.91 Å². The summed E-state index contributed by atoms with van der Waals surface area (Å²) in [6, 6.07) is 9.34. The molecule has 0 aliphatic carbocycles. The van der Waals surface area contributed by atoms with Crippen LogP contribution in [-0.2, 0) is 16.1 Å². The van der Waals surface area contributed by atoms with Crippen LogP contribution < -0.4 is 0 Å². The highest BCUT2D eigenvalue weighted by Crippen LogP contribution is 2.30. The molecule has 0 aromatic heterocycles. The number of ether oxygens (including phenoxy) is 1. The fourth-order valence-electron chi connectivity index (χ4n) is 1.70. The molecule has 0 spiro atoms. The first kappa shape index (κ1) is 18.2. The van der Waals surface area contributed by atoms with Crippen molar-refractivity contribution in [3.05, 3.63) is 48.0 Å². The zero-order chi connectivity index (χ0) is 16.6. The van der Waals surface area contributed by atoms with E-state index in [2.05, 4.69) is 0 Å². The van der Waals surface area contributed by atoms with Crippen LogP contribution in [0.2, 0.25) is 0 Å². The van der Waals surface area contributed by atoms with E-state index in [9.17, 15) is 18.0 Å². The van der Waals surface area contributed by atoms with Gasteiger partial charge in [0.25, 0.3) is 0 Å². The van der Waals surface area contributed by atoms with Crippen molar-refractivity contribution in [2.45, 2.75) is 19.2 Å². The number of nitrogens with zero attached hydrogens (tertiary/aromatic N) is 1. The highest BCUT2D eigenvalue weighted by atomic mass is 19.4. The summed E-state index contributed by atoms with van der Waals surface area (Å²) in [6.07, 6.45) is -2.73. The van der Waals surface area contributed by atoms with Crippen molar-refractivity contribution in [3.8, 4) is 0 Å². The van der Waals surface area contributed by atoms with E-state index < -0.39 is 24.4 Å². The molecule has 0 radical (unpaired) electrons. The van der Waals surface area contributed by atoms with Crippen molar-refractivity contribution < 1.29 is 22.7 Å². The highest BCUT2D eigenvalue weighted by molar-refractivity contribution is 5.76. The fraction of sp³-hybridized carbons (Fsp3) is 0.438. The first-order valence-electron chi connectivity index (χ1n) is 6.86. The maximum Gasteiger partial charge on any atom is 0.395 e. The monoisotopic (exact) mass is 315 g/mol. The molecule has 1 aromatic carbocycles. The Labute approximate surface area is 128 Å². The van der Waals surface area contributed by atoms with E-state index in [1.807, 2.05) is 30.3 Å². The normalized spacial score (nSPS) is 13.3. The Morgan fingerprint density at radius 3 is 2.45 bits per heavy atom. The Bertz CT molecular complexity index is 484. The minimum Gasteiger partial charge on any atom is -0.373 e. The van der Waals surface area contributed by atoms with Crippen molar-refractivity contribution in [2.24, 2.45) is 5.92 Å². The molecule has 1 atom stereocenters. The summed E-state index contributed by atoms with van der Waals surface area (Å²) in [5, 5.41) is 0. The molecule has 1 amide bonds. The molecule has 1 aromatic rings. The van der Waals surface area contributed by atoms with E-state index in [4.69, 9.17) is 4.74 Å². The molecule has 0 saturated carbocycles. The SMILES string of the molecule is CN(C)C(=O)C[C@H](/C=C/COCc1ccccc1)C(F)(F)F. The lowest BCUT2D eigenvalue weighted by atomic mass is 10.0. The van der Waals surface area contributed by atoms with Gasteiger partial charge in [-0.25, -0.2) is 0 Å². The van der Waals surface area contributed by atoms with Crippen LogP contribution in [0.1, 0.15) is 12.0 Å². The zero-order valence-corrected chi connectivity index (χ0v) is 12.6. The third kappa shape index (κ3) is 6.76. The van der Waals surface area contributed by atoms with E-state index in [1.165, 1.54) is 20.2 Å². The number of halogens is 3. The number of hydrogen-bond acceptors (Lipinski definition) is 2. The molecule has 0 unspecified atom stereocenters. The van der Waals surface area contributed by atoms with Gasteiger partial charge in [0, 0.05) is 20.5 Å². The second kappa shape index (κ2) is 8.58. The largest absolute Gasteiger partial charge is 0.395 e. The lowest BCUT2D eigenvalue weighted by Gasteiger charge is -2.18. The van der Waals surface area contributed by atoms with Crippen LogP contribution in [0.15, 0.2) is 42.5 Å². The molecular weight excluding hydrogens is 295 g/mol. The van der Waals surface area contributed by atoms with Gasteiger partial charge in [-0.1, -0.05) is 42.5 Å². The van der Waals surface area contributed by atoms with Gasteiger partial charge in [-0.05, 0) is 5.56 Å². The van der Waals surface area contributed by atoms with Crippen molar-refractivity contribution in [3.63, 3.8) is 0 Å². The third-order valence-corrected chi connectivity index (χ3v) is 3.01. The second-order valence-electron chi connectivity index (χ2n) is 5.07. The van der Waals surface area contributed by atoms with Crippen LogP contribution in [0, 0.1) is 5.92 Å². The number of carbonyl (C=O) groups is 1. The molecular formula is C16H20F3NO2. The minimum absolute atomic E-state index is 0.0671. The number of rotatable bonds is 7. The maximum absolute atomic E-state index is 12.9. The molecule has 0 aliphatic heterocycles. The van der Waals surface area contributed by atoms with Crippen LogP contribution in [0.25, 0.3) is 0 Å². The van der Waals surface area contributed by atoms with Gasteiger partial charge in [0.1, 0.15) is 0 Å². The molecule has 0 N–H and O–H groups in total. The number of carbonyl (C=O) groups excluding carboxylic acids is 1. The lowest BCUT2D eigenvalue weighted by molar-refractivity contribution is -0.168. The van der Waals surface area contributed by atoms with Crippen molar-refractivity contribution in [1.29, 1.82) is 0 Å². The quantitative estimate of drug-likeness (QED) is 0.570. The molecule has 22 heavy (non-hydrogen) atoms. The Balaban J connectivity index is 2.46. The van der Waals surface area contributed by atoms with Crippen molar-refractivity contribution in [2.75, 3.05) is 20.7 Å². The van der Waals surface area contributed by atoms with Gasteiger partial charge in [-0.2, -0.15) is 13.2 Å². The Morgan fingerprint density at radius 2 is 1.91 bits per heavy atom. The fourth-order valence-corrected chi connectivity index (χ4v) is 1.70. The summed E-state index contributed by atoms with van der Waals surface area (Å²) in [6.45, 7) is 0.399. The average molecular weight is 315 g/mol. The third-order valence-electron chi connectivity index (χ3n) is 3.01. The van der Waals surface area contributed by atoms with E-state index in [-0.39, 0.29) is 6.61 Å². The summed E-state index contributed by atoms with van der Waals surface area (Å²) in [5.41, 5.74) is 0.950. The molecule has 1 rings (SSSR count). The van der Waals surface area contributed by atoms with Crippen LogP contribution in [-0.4, -0.2) is 37.7 Å². The Morgan fingerprint density at radius 1 is 1.27 bits per heavy atom. The number of benzene rings is 1. The van der Waals surface area contributed by atoms with Gasteiger partial charge in [0.2, 0.25) is 5.91 Å². The first-order chi connectivity index (χ1) is 10.3. The predicted octanol–water partition coefficient (Wildman–Crippen LogP) is 3.42. The number of alkyl halides is 3. The smallest absolute Gasteiger partial charge is 0.373 e. The average Bonchev–Trinajstić information content (AvgIpc) is 2.45. The van der Waals surface area contributed by atoms with Gasteiger partial charge in [0.05, 0.1) is 19.1 Å². The first-order valence-corrected chi connectivity index (χ1v) is 6.86. The molecule has 6 heteroatoms. The van der Waals surface area contributed by atoms with Gasteiger partial charge < -0.3 is 9.64 Å². The Hall–Kier alpha value is -1.82. The molecule has 0 bridgehead atoms. The van der Waals surface area contributed by atoms with Gasteiger partial charge in [-0.15, -0.1) is 0 Å². The number of hydrogen-bond donors (Lipinski definition) is 0. The predicted molar refractivity (Wildman–Crippen MR) is 78.1 cm³/mol. The van der Waals surface area contributed by atoms with Crippen LogP contribution in [0.5, 0.6) is 0 Å². The topological polar surface area (TPSA) is 29.5 Å². The van der Waals surface area contributed by atoms with Gasteiger partial charge >= 0.3 is 6.18 Å². The van der Waals surface area contributed by atoms with Crippen LogP contribution in [0.4, 0.5) is 13.2 Å². The summed E-state index contributed by atoms with van der Waals surface area (Å²) in [7, 11) is 2.87. The van der Waals surface area contributed by atoms with Crippen molar-refractivity contribution in [1.82, 2.24) is 4.90 Å². The van der Waals surface area contributed by atoms with Gasteiger partial charge in [-0.3, -0.25) is 4.79 Å². The Kier molecular flexibility index (Phi) is 7.11. The number of amides is 1. The van der Waals surface area contributed by atoms with E-state index in [0.29, 0.717) is 6.61 Å². The van der Waals surface area contributed by atoms with E-state index >= 15 is 0 Å². The summed E-state index contributed by atoms with van der Waals surface area (Å²) >= 11 is 0. The van der Waals surface area contributed by atoms with Crippen LogP contribution >= 0.6 is 0 Å². The van der Waals surface area contributed by atoms with E-state index in [0.717, 1.165) is 16.5 Å². The van der Waals surface area contributed by atoms with Crippen LogP contribution in [0.3, 0.4) is 0 Å². The van der Waals surface area contributed by atoms with Gasteiger partial charge in [0.15, 0.2) is 0 Å². The molecule has 0 heterocycles. The molecule has 122 valence electrons. The molecule has 0 aliphatic rings.